The van der Waals surface area contributed by atoms with Crippen LogP contribution in [0.25, 0.3) is 22.3 Å². The number of nitrogens with zero attached hydrogens (tertiary/aromatic N) is 3. The van der Waals surface area contributed by atoms with Crippen LogP contribution in [0.2, 0.25) is 0 Å². The van der Waals surface area contributed by atoms with Gasteiger partial charge >= 0.3 is 0 Å². The third-order valence-electron chi connectivity index (χ3n) is 6.81. The second-order valence-corrected chi connectivity index (χ2v) is 9.49. The van der Waals surface area contributed by atoms with Gasteiger partial charge in [0.2, 0.25) is 6.79 Å². The molecule has 188 valence electrons. The van der Waals surface area contributed by atoms with E-state index in [1.807, 2.05) is 12.1 Å². The Labute approximate surface area is 206 Å². The predicted octanol–water partition coefficient (Wildman–Crippen LogP) is 1.85. The molecule has 2 fully saturated rings. The maximum absolute atomic E-state index is 13.2. The molecule has 1 aliphatic carbocycles. The standard InChI is InChI=1S/C25H27N5O6/c1-13(31)25(33)30-7-6-15(9-30)29-24(32)16-8-26-22-20(16)27-11-28-21(22)19-17(34-10-14-2-3-14)4-5-18-23(19)36-12-35-18/h4-5,8,11,13-15,26,31H,2-3,6-7,9-10,12H2,1H3,(H,29,32)/t13-,15-/m0/s1. The van der Waals surface area contributed by atoms with Crippen LogP contribution in [0.3, 0.4) is 0 Å². The number of H-pyrrole nitrogens is 1. The number of hydrogen-bond acceptors (Lipinski definition) is 8. The van der Waals surface area contributed by atoms with E-state index in [1.54, 1.807) is 11.1 Å². The highest BCUT2D eigenvalue weighted by atomic mass is 16.7. The molecule has 0 radical (unpaired) electrons. The van der Waals surface area contributed by atoms with Crippen molar-refractivity contribution in [2.45, 2.75) is 38.3 Å². The molecule has 11 nitrogen and oxygen atoms in total. The lowest BCUT2D eigenvalue weighted by molar-refractivity contribution is -0.138. The molecule has 4 heterocycles. The van der Waals surface area contributed by atoms with Gasteiger partial charge in [0.15, 0.2) is 11.5 Å². The van der Waals surface area contributed by atoms with Gasteiger partial charge in [0, 0.05) is 25.3 Å². The van der Waals surface area contributed by atoms with E-state index in [0.717, 1.165) is 0 Å². The van der Waals surface area contributed by atoms with Crippen LogP contribution >= 0.6 is 0 Å². The molecule has 2 aliphatic heterocycles. The largest absolute Gasteiger partial charge is 0.492 e. The van der Waals surface area contributed by atoms with Crippen molar-refractivity contribution in [2.24, 2.45) is 5.92 Å². The summed E-state index contributed by atoms with van der Waals surface area (Å²) in [6.45, 7) is 3.01. The first-order valence-corrected chi connectivity index (χ1v) is 12.1. The minimum Gasteiger partial charge on any atom is -0.492 e. The average molecular weight is 494 g/mol. The Balaban J connectivity index is 1.29. The highest BCUT2D eigenvalue weighted by Crippen LogP contribution is 2.48. The van der Waals surface area contributed by atoms with Gasteiger partial charge in [-0.15, -0.1) is 0 Å². The van der Waals surface area contributed by atoms with Crippen molar-refractivity contribution in [3.05, 3.63) is 30.2 Å². The fourth-order valence-electron chi connectivity index (χ4n) is 4.70. The van der Waals surface area contributed by atoms with Crippen LogP contribution in [-0.2, 0) is 4.79 Å². The number of rotatable bonds is 7. The molecule has 3 aliphatic rings. The summed E-state index contributed by atoms with van der Waals surface area (Å²) in [5.41, 5.74) is 2.65. The number of carbonyl (C=O) groups excluding carboxylic acids is 2. The minimum atomic E-state index is -1.06. The van der Waals surface area contributed by atoms with Gasteiger partial charge in [-0.2, -0.15) is 0 Å². The highest BCUT2D eigenvalue weighted by Gasteiger charge is 2.31. The Hall–Kier alpha value is -3.86. The van der Waals surface area contributed by atoms with Crippen molar-refractivity contribution in [2.75, 3.05) is 26.5 Å². The molecule has 0 spiro atoms. The second kappa shape index (κ2) is 8.98. The maximum Gasteiger partial charge on any atom is 0.255 e. The lowest BCUT2D eigenvalue weighted by atomic mass is 10.1. The number of carbonyl (C=O) groups is 2. The Morgan fingerprint density at radius 2 is 2.14 bits per heavy atom. The van der Waals surface area contributed by atoms with Crippen LogP contribution in [0.4, 0.5) is 0 Å². The summed E-state index contributed by atoms with van der Waals surface area (Å²) in [6, 6.07) is 3.47. The molecule has 1 saturated carbocycles. The number of ether oxygens (including phenoxy) is 3. The van der Waals surface area contributed by atoms with E-state index in [0.29, 0.717) is 77.1 Å². The van der Waals surface area contributed by atoms with Crippen molar-refractivity contribution in [3.63, 3.8) is 0 Å². The fraction of sp³-hybridized carbons (Fsp3) is 0.440. The second-order valence-electron chi connectivity index (χ2n) is 9.49. The topological polar surface area (TPSA) is 139 Å². The molecule has 2 atom stereocenters. The Kier molecular flexibility index (Phi) is 5.63. The molecular formula is C25H27N5O6. The summed E-state index contributed by atoms with van der Waals surface area (Å²) in [4.78, 5) is 38.8. The maximum atomic E-state index is 13.2. The SMILES string of the molecule is C[C@H](O)C(=O)N1CC[C@H](NC(=O)c2c[nH]c3c(-c4c(OCC5CC5)ccc5c4OCO5)ncnc23)C1. The molecule has 2 aromatic heterocycles. The van der Waals surface area contributed by atoms with Gasteiger partial charge in [-0.25, -0.2) is 9.97 Å². The lowest BCUT2D eigenvalue weighted by Crippen LogP contribution is -2.40. The molecule has 6 rings (SSSR count). The minimum absolute atomic E-state index is 0.108. The summed E-state index contributed by atoms with van der Waals surface area (Å²) in [5, 5.41) is 12.5. The van der Waals surface area contributed by atoms with E-state index in [4.69, 9.17) is 14.2 Å². The zero-order valence-electron chi connectivity index (χ0n) is 19.8. The van der Waals surface area contributed by atoms with E-state index in [2.05, 4.69) is 20.3 Å². The molecule has 0 bridgehead atoms. The predicted molar refractivity (Wildman–Crippen MR) is 128 cm³/mol. The summed E-state index contributed by atoms with van der Waals surface area (Å²) in [6.07, 6.45) is 4.91. The van der Waals surface area contributed by atoms with Gasteiger partial charge in [-0.05, 0) is 44.2 Å². The van der Waals surface area contributed by atoms with Gasteiger partial charge in [0.1, 0.15) is 29.4 Å². The summed E-state index contributed by atoms with van der Waals surface area (Å²) < 4.78 is 17.5. The van der Waals surface area contributed by atoms with Gasteiger partial charge in [-0.3, -0.25) is 9.59 Å². The Morgan fingerprint density at radius 3 is 2.94 bits per heavy atom. The van der Waals surface area contributed by atoms with E-state index in [-0.39, 0.29) is 24.6 Å². The number of aromatic amines is 1. The van der Waals surface area contributed by atoms with Gasteiger partial charge in [0.25, 0.3) is 11.8 Å². The van der Waals surface area contributed by atoms with Crippen LogP contribution in [0, 0.1) is 5.92 Å². The number of hydrogen-bond donors (Lipinski definition) is 3. The molecule has 11 heteroatoms. The van der Waals surface area contributed by atoms with Crippen LogP contribution < -0.4 is 19.5 Å². The van der Waals surface area contributed by atoms with Gasteiger partial charge in [0.05, 0.1) is 23.3 Å². The number of amides is 2. The summed E-state index contributed by atoms with van der Waals surface area (Å²) in [7, 11) is 0. The first-order valence-electron chi connectivity index (χ1n) is 12.1. The van der Waals surface area contributed by atoms with Gasteiger partial charge < -0.3 is 34.5 Å². The molecule has 2 amide bonds. The number of aromatic nitrogens is 3. The number of nitrogens with one attached hydrogen (secondary N) is 2. The fourth-order valence-corrected chi connectivity index (χ4v) is 4.70. The summed E-state index contributed by atoms with van der Waals surface area (Å²) >= 11 is 0. The molecular weight excluding hydrogens is 466 g/mol. The van der Waals surface area contributed by atoms with Crippen molar-refractivity contribution < 1.29 is 28.9 Å². The van der Waals surface area contributed by atoms with Crippen molar-refractivity contribution in [1.29, 1.82) is 0 Å². The summed E-state index contributed by atoms with van der Waals surface area (Å²) in [5.74, 6) is 1.73. The number of likely N-dealkylation sites (tertiary alicyclic amines) is 1. The number of benzene rings is 1. The van der Waals surface area contributed by atoms with Crippen LogP contribution in [-0.4, -0.2) is 75.4 Å². The van der Waals surface area contributed by atoms with Crippen LogP contribution in [0.5, 0.6) is 17.2 Å². The van der Waals surface area contributed by atoms with Crippen molar-refractivity contribution in [3.8, 4) is 28.5 Å². The molecule has 36 heavy (non-hydrogen) atoms. The Bertz CT molecular complexity index is 1330. The van der Waals surface area contributed by atoms with E-state index >= 15 is 0 Å². The monoisotopic (exact) mass is 493 g/mol. The zero-order chi connectivity index (χ0) is 24.8. The smallest absolute Gasteiger partial charge is 0.255 e. The molecule has 1 saturated heterocycles. The third-order valence-corrected chi connectivity index (χ3v) is 6.81. The van der Waals surface area contributed by atoms with Crippen LogP contribution in [0.15, 0.2) is 24.7 Å². The van der Waals surface area contributed by atoms with Crippen molar-refractivity contribution in [1.82, 2.24) is 25.2 Å². The van der Waals surface area contributed by atoms with Crippen LogP contribution in [0.1, 0.15) is 36.5 Å². The average Bonchev–Trinajstić information content (AvgIpc) is 3.24. The van der Waals surface area contributed by atoms with E-state index in [9.17, 15) is 14.7 Å². The first kappa shape index (κ1) is 22.6. The number of aliphatic hydroxyl groups is 1. The Morgan fingerprint density at radius 1 is 1.28 bits per heavy atom. The third kappa shape index (κ3) is 4.09. The first-order chi connectivity index (χ1) is 17.5. The molecule has 0 unspecified atom stereocenters. The number of aliphatic hydroxyl groups excluding tert-OH is 1. The quantitative estimate of drug-likeness (QED) is 0.453. The van der Waals surface area contributed by atoms with Gasteiger partial charge in [-0.1, -0.05) is 0 Å². The zero-order valence-corrected chi connectivity index (χ0v) is 19.8. The van der Waals surface area contributed by atoms with Crippen molar-refractivity contribution >= 4 is 22.8 Å². The normalized spacial score (nSPS) is 19.5. The van der Waals surface area contributed by atoms with E-state index in [1.165, 1.54) is 26.1 Å². The molecule has 3 N–H and O–H groups in total. The number of fused-ring (bicyclic) bond motifs is 2. The van der Waals surface area contributed by atoms with E-state index < -0.39 is 6.10 Å². The molecule has 3 aromatic rings. The highest BCUT2D eigenvalue weighted by molar-refractivity contribution is 6.08. The molecule has 1 aromatic carbocycles. The lowest BCUT2D eigenvalue weighted by Gasteiger charge is -2.18.